The molecular formula is C12H17FN2. The van der Waals surface area contributed by atoms with E-state index in [-0.39, 0.29) is 11.2 Å². The molecule has 1 saturated heterocycles. The van der Waals surface area contributed by atoms with E-state index in [9.17, 15) is 4.39 Å². The molecule has 0 bridgehead atoms. The third-order valence-corrected chi connectivity index (χ3v) is 2.99. The van der Waals surface area contributed by atoms with Crippen LogP contribution in [0.4, 0.5) is 10.1 Å². The molecule has 0 aromatic carbocycles. The van der Waals surface area contributed by atoms with Crippen molar-refractivity contribution in [2.45, 2.75) is 26.7 Å². The van der Waals surface area contributed by atoms with Gasteiger partial charge in [-0.05, 0) is 24.3 Å². The Bertz CT molecular complexity index is 349. The predicted molar refractivity (Wildman–Crippen MR) is 59.4 cm³/mol. The van der Waals surface area contributed by atoms with Crippen molar-refractivity contribution in [1.29, 1.82) is 0 Å². The zero-order chi connectivity index (χ0) is 10.9. The van der Waals surface area contributed by atoms with Crippen LogP contribution in [0.1, 0.15) is 26.7 Å². The highest BCUT2D eigenvalue weighted by Crippen LogP contribution is 2.32. The van der Waals surface area contributed by atoms with Gasteiger partial charge in [0.1, 0.15) is 0 Å². The van der Waals surface area contributed by atoms with E-state index in [0.717, 1.165) is 19.5 Å². The van der Waals surface area contributed by atoms with Crippen molar-refractivity contribution < 1.29 is 4.39 Å². The Balaban J connectivity index is 2.21. The first-order chi connectivity index (χ1) is 7.08. The number of anilines is 1. The predicted octanol–water partition coefficient (Wildman–Crippen LogP) is 2.85. The summed E-state index contributed by atoms with van der Waals surface area (Å²) in [5.41, 5.74) is 0.978. The summed E-state index contributed by atoms with van der Waals surface area (Å²) in [6.07, 6.45) is 5.29. The first-order valence-corrected chi connectivity index (χ1v) is 5.43. The van der Waals surface area contributed by atoms with E-state index < -0.39 is 0 Å². The molecule has 3 heteroatoms. The number of hydrogen-bond acceptors (Lipinski definition) is 2. The fraction of sp³-hybridized carbons (Fsp3) is 0.583. The van der Waals surface area contributed by atoms with Crippen molar-refractivity contribution in [3.63, 3.8) is 0 Å². The van der Waals surface area contributed by atoms with Gasteiger partial charge >= 0.3 is 0 Å². The molecule has 2 heterocycles. The smallest absolute Gasteiger partial charge is 0.164 e. The van der Waals surface area contributed by atoms with Crippen molar-refractivity contribution in [2.24, 2.45) is 5.41 Å². The van der Waals surface area contributed by atoms with E-state index >= 15 is 0 Å². The number of aromatic nitrogens is 1. The van der Waals surface area contributed by atoms with Crippen LogP contribution in [0, 0.1) is 11.2 Å². The number of piperidine rings is 1. The van der Waals surface area contributed by atoms with Crippen LogP contribution in [-0.2, 0) is 0 Å². The lowest BCUT2D eigenvalue weighted by atomic mass is 9.84. The van der Waals surface area contributed by atoms with Crippen molar-refractivity contribution in [3.05, 3.63) is 24.3 Å². The van der Waals surface area contributed by atoms with E-state index in [0.29, 0.717) is 5.69 Å². The van der Waals surface area contributed by atoms with Crippen LogP contribution in [0.5, 0.6) is 0 Å². The van der Waals surface area contributed by atoms with E-state index in [1.165, 1.54) is 12.6 Å². The minimum absolute atomic E-state index is 0.213. The third-order valence-electron chi connectivity index (χ3n) is 2.99. The fourth-order valence-electron chi connectivity index (χ4n) is 2.25. The fourth-order valence-corrected chi connectivity index (χ4v) is 2.25. The Labute approximate surface area is 90.1 Å². The van der Waals surface area contributed by atoms with Gasteiger partial charge in [-0.15, -0.1) is 0 Å². The molecule has 0 atom stereocenters. The molecule has 0 N–H and O–H groups in total. The number of rotatable bonds is 1. The lowest BCUT2D eigenvalue weighted by Crippen LogP contribution is -2.40. The number of nitrogens with zero attached hydrogens (tertiary/aromatic N) is 2. The highest BCUT2D eigenvalue weighted by atomic mass is 19.1. The molecular weight excluding hydrogens is 191 g/mol. The topological polar surface area (TPSA) is 16.1 Å². The van der Waals surface area contributed by atoms with Gasteiger partial charge in [-0.3, -0.25) is 4.98 Å². The Hall–Kier alpha value is -1.12. The first-order valence-electron chi connectivity index (χ1n) is 5.43. The molecule has 2 rings (SSSR count). The van der Waals surface area contributed by atoms with E-state index in [2.05, 4.69) is 23.7 Å². The Morgan fingerprint density at radius 2 is 2.27 bits per heavy atom. The maximum absolute atomic E-state index is 13.5. The average molecular weight is 208 g/mol. The van der Waals surface area contributed by atoms with E-state index in [1.54, 1.807) is 12.3 Å². The van der Waals surface area contributed by atoms with Crippen LogP contribution < -0.4 is 4.90 Å². The molecule has 1 fully saturated rings. The molecule has 15 heavy (non-hydrogen) atoms. The summed E-state index contributed by atoms with van der Waals surface area (Å²) < 4.78 is 13.5. The summed E-state index contributed by atoms with van der Waals surface area (Å²) >= 11 is 0. The summed E-state index contributed by atoms with van der Waals surface area (Å²) in [6.45, 7) is 6.34. The summed E-state index contributed by atoms with van der Waals surface area (Å²) in [4.78, 5) is 5.90. The highest BCUT2D eigenvalue weighted by Gasteiger charge is 2.27. The largest absolute Gasteiger partial charge is 0.369 e. The van der Waals surface area contributed by atoms with Gasteiger partial charge in [-0.25, -0.2) is 4.39 Å². The van der Waals surface area contributed by atoms with Gasteiger partial charge in [0.25, 0.3) is 0 Å². The van der Waals surface area contributed by atoms with Crippen molar-refractivity contribution in [3.8, 4) is 0 Å². The second-order valence-corrected chi connectivity index (χ2v) is 5.02. The molecule has 1 aliphatic heterocycles. The molecule has 82 valence electrons. The quantitative estimate of drug-likeness (QED) is 0.705. The van der Waals surface area contributed by atoms with Gasteiger partial charge < -0.3 is 4.90 Å². The van der Waals surface area contributed by atoms with E-state index in [4.69, 9.17) is 0 Å². The van der Waals surface area contributed by atoms with Crippen LogP contribution in [0.15, 0.2) is 18.5 Å². The molecule has 1 aliphatic rings. The zero-order valence-corrected chi connectivity index (χ0v) is 9.33. The Kier molecular flexibility index (Phi) is 2.63. The lowest BCUT2D eigenvalue weighted by Gasteiger charge is -2.39. The number of halogens is 1. The van der Waals surface area contributed by atoms with Crippen molar-refractivity contribution in [1.82, 2.24) is 4.98 Å². The average Bonchev–Trinajstić information content (AvgIpc) is 2.17. The summed E-state index contributed by atoms with van der Waals surface area (Å²) in [5.74, 6) is -0.213. The molecule has 1 aromatic rings. The molecule has 0 amide bonds. The molecule has 2 nitrogen and oxygen atoms in total. The maximum Gasteiger partial charge on any atom is 0.164 e. The van der Waals surface area contributed by atoms with Crippen LogP contribution in [-0.4, -0.2) is 18.1 Å². The lowest BCUT2D eigenvalue weighted by molar-refractivity contribution is 0.291. The van der Waals surface area contributed by atoms with Crippen LogP contribution in [0.25, 0.3) is 0 Å². The maximum atomic E-state index is 13.5. The van der Waals surface area contributed by atoms with Crippen LogP contribution in [0.2, 0.25) is 0 Å². The molecule has 0 saturated carbocycles. The van der Waals surface area contributed by atoms with Crippen LogP contribution in [0.3, 0.4) is 0 Å². The van der Waals surface area contributed by atoms with Gasteiger partial charge in [0.15, 0.2) is 5.82 Å². The molecule has 0 unspecified atom stereocenters. The molecule has 1 aromatic heterocycles. The Morgan fingerprint density at radius 1 is 1.47 bits per heavy atom. The second kappa shape index (κ2) is 3.80. The second-order valence-electron chi connectivity index (χ2n) is 5.02. The summed E-state index contributed by atoms with van der Waals surface area (Å²) in [7, 11) is 0. The van der Waals surface area contributed by atoms with Gasteiger partial charge in [-0.2, -0.15) is 0 Å². The van der Waals surface area contributed by atoms with Crippen LogP contribution >= 0.6 is 0 Å². The number of pyridine rings is 1. The van der Waals surface area contributed by atoms with E-state index in [1.807, 2.05) is 0 Å². The van der Waals surface area contributed by atoms with Gasteiger partial charge in [0.05, 0.1) is 11.9 Å². The van der Waals surface area contributed by atoms with Crippen molar-refractivity contribution >= 4 is 5.69 Å². The third kappa shape index (κ3) is 2.28. The SMILES string of the molecule is CC1(C)CCCN(c2ccncc2F)C1. The minimum atomic E-state index is -0.213. The van der Waals surface area contributed by atoms with Crippen molar-refractivity contribution in [2.75, 3.05) is 18.0 Å². The zero-order valence-electron chi connectivity index (χ0n) is 9.33. The number of hydrogen-bond donors (Lipinski definition) is 0. The van der Waals surface area contributed by atoms with Gasteiger partial charge in [-0.1, -0.05) is 13.8 Å². The van der Waals surface area contributed by atoms with Gasteiger partial charge in [0, 0.05) is 19.3 Å². The molecule has 0 spiro atoms. The standard InChI is InChI=1S/C12H17FN2/c1-12(2)5-3-7-15(9-12)11-4-6-14-8-10(11)13/h4,6,8H,3,5,7,9H2,1-2H3. The monoisotopic (exact) mass is 208 g/mol. The first kappa shape index (κ1) is 10.4. The summed E-state index contributed by atoms with van der Waals surface area (Å²) in [5, 5.41) is 0. The minimum Gasteiger partial charge on any atom is -0.369 e. The Morgan fingerprint density at radius 3 is 2.93 bits per heavy atom. The van der Waals surface area contributed by atoms with Gasteiger partial charge in [0.2, 0.25) is 0 Å². The summed E-state index contributed by atoms with van der Waals surface area (Å²) in [6, 6.07) is 1.76. The normalized spacial score (nSPS) is 20.3. The molecule has 0 radical (unpaired) electrons. The highest BCUT2D eigenvalue weighted by molar-refractivity contribution is 5.46. The molecule has 0 aliphatic carbocycles.